The number of halogens is 4. The Kier molecular flexibility index (Phi) is 5.33. The molecule has 0 N–H and O–H groups in total. The summed E-state index contributed by atoms with van der Waals surface area (Å²) in [5.74, 6) is -0.619. The number of nitrogens with zero attached hydrogens (tertiary/aromatic N) is 3. The van der Waals surface area contributed by atoms with Gasteiger partial charge in [0.2, 0.25) is 10.0 Å². The predicted molar refractivity (Wildman–Crippen MR) is 85.8 cm³/mol. The first kappa shape index (κ1) is 19.5. The standard InChI is InChI=1S/C16H15F4N3O3S/c17-11-9-21-15(22-10-11)26-12-5-7-23(8-6-12)27(24,25)14-4-2-1-3-13(14)16(18,19)20/h1-4,9-10,12H,5-8H2. The van der Waals surface area contributed by atoms with E-state index in [1.54, 1.807) is 0 Å². The van der Waals surface area contributed by atoms with E-state index in [-0.39, 0.29) is 31.9 Å². The van der Waals surface area contributed by atoms with E-state index in [1.165, 1.54) is 6.07 Å². The number of rotatable bonds is 4. The quantitative estimate of drug-likeness (QED) is 0.732. The van der Waals surface area contributed by atoms with Gasteiger partial charge in [-0.05, 0) is 25.0 Å². The Bertz CT molecular complexity index is 896. The van der Waals surface area contributed by atoms with Crippen molar-refractivity contribution in [3.8, 4) is 6.01 Å². The molecule has 1 saturated heterocycles. The lowest BCUT2D eigenvalue weighted by atomic mass is 10.1. The normalized spacial score (nSPS) is 17.0. The Morgan fingerprint density at radius 1 is 1.07 bits per heavy atom. The summed E-state index contributed by atoms with van der Waals surface area (Å²) in [5.41, 5.74) is -1.19. The largest absolute Gasteiger partial charge is 0.460 e. The number of hydrogen-bond acceptors (Lipinski definition) is 5. The maximum Gasteiger partial charge on any atom is 0.417 e. The van der Waals surface area contributed by atoms with Crippen molar-refractivity contribution in [2.75, 3.05) is 13.1 Å². The molecule has 6 nitrogen and oxygen atoms in total. The third-order valence-electron chi connectivity index (χ3n) is 4.08. The predicted octanol–water partition coefficient (Wildman–Crippen LogP) is 2.87. The number of alkyl halides is 3. The van der Waals surface area contributed by atoms with E-state index in [9.17, 15) is 26.0 Å². The lowest BCUT2D eigenvalue weighted by molar-refractivity contribution is -0.139. The Labute approximate surface area is 152 Å². The average molecular weight is 405 g/mol. The van der Waals surface area contributed by atoms with E-state index < -0.39 is 38.6 Å². The van der Waals surface area contributed by atoms with Crippen LogP contribution in [0.25, 0.3) is 0 Å². The van der Waals surface area contributed by atoms with Crippen LogP contribution in [0.15, 0.2) is 41.6 Å². The number of sulfonamides is 1. The maximum absolute atomic E-state index is 13.1. The number of ether oxygens (including phenoxy) is 1. The van der Waals surface area contributed by atoms with Crippen molar-refractivity contribution in [3.63, 3.8) is 0 Å². The van der Waals surface area contributed by atoms with Crippen LogP contribution in [0.4, 0.5) is 17.6 Å². The molecule has 2 heterocycles. The third-order valence-corrected chi connectivity index (χ3v) is 6.04. The van der Waals surface area contributed by atoms with Crippen LogP contribution in [0.5, 0.6) is 6.01 Å². The first-order valence-electron chi connectivity index (χ1n) is 7.98. The molecule has 3 rings (SSSR count). The molecule has 146 valence electrons. The molecule has 1 aliphatic heterocycles. The molecular weight excluding hydrogens is 390 g/mol. The van der Waals surface area contributed by atoms with Crippen LogP contribution in [0.1, 0.15) is 18.4 Å². The van der Waals surface area contributed by atoms with Crippen molar-refractivity contribution in [2.24, 2.45) is 0 Å². The van der Waals surface area contributed by atoms with E-state index in [0.29, 0.717) is 0 Å². The Morgan fingerprint density at radius 3 is 2.26 bits per heavy atom. The Hall–Kier alpha value is -2.27. The van der Waals surface area contributed by atoms with Crippen molar-refractivity contribution in [2.45, 2.75) is 30.0 Å². The van der Waals surface area contributed by atoms with Gasteiger partial charge in [-0.3, -0.25) is 0 Å². The van der Waals surface area contributed by atoms with Gasteiger partial charge in [0, 0.05) is 13.1 Å². The Balaban J connectivity index is 1.71. The number of benzene rings is 1. The average Bonchev–Trinajstić information content (AvgIpc) is 2.63. The molecule has 0 unspecified atom stereocenters. The summed E-state index contributed by atoms with van der Waals surface area (Å²) in [6, 6.07) is 4.05. The fourth-order valence-corrected chi connectivity index (χ4v) is 4.45. The van der Waals surface area contributed by atoms with E-state index in [1.807, 2.05) is 0 Å². The second-order valence-corrected chi connectivity index (χ2v) is 7.81. The molecule has 11 heteroatoms. The summed E-state index contributed by atoms with van der Waals surface area (Å²) < 4.78 is 84.0. The molecule has 2 aromatic rings. The SMILES string of the molecule is O=S(=O)(c1ccccc1C(F)(F)F)N1CCC(Oc2ncc(F)cn2)CC1. The summed E-state index contributed by atoms with van der Waals surface area (Å²) in [7, 11) is -4.30. The van der Waals surface area contributed by atoms with Gasteiger partial charge in [0.1, 0.15) is 6.10 Å². The number of hydrogen-bond donors (Lipinski definition) is 0. The van der Waals surface area contributed by atoms with Gasteiger partial charge in [0.15, 0.2) is 5.82 Å². The van der Waals surface area contributed by atoms with Crippen molar-refractivity contribution in [3.05, 3.63) is 48.0 Å². The van der Waals surface area contributed by atoms with Crippen molar-refractivity contribution in [1.29, 1.82) is 0 Å². The highest BCUT2D eigenvalue weighted by atomic mass is 32.2. The van der Waals surface area contributed by atoms with Crippen LogP contribution in [0.2, 0.25) is 0 Å². The second kappa shape index (κ2) is 7.39. The highest BCUT2D eigenvalue weighted by molar-refractivity contribution is 7.89. The number of piperidine rings is 1. The van der Waals surface area contributed by atoms with E-state index in [2.05, 4.69) is 9.97 Å². The highest BCUT2D eigenvalue weighted by Gasteiger charge is 2.39. The zero-order chi connectivity index (χ0) is 19.7. The van der Waals surface area contributed by atoms with Crippen molar-refractivity contribution < 1.29 is 30.7 Å². The minimum atomic E-state index is -4.77. The monoisotopic (exact) mass is 405 g/mol. The zero-order valence-electron chi connectivity index (χ0n) is 13.9. The summed E-state index contributed by atoms with van der Waals surface area (Å²) >= 11 is 0. The molecule has 1 fully saturated rings. The second-order valence-electron chi connectivity index (χ2n) is 5.90. The van der Waals surface area contributed by atoms with Crippen LogP contribution >= 0.6 is 0 Å². The van der Waals surface area contributed by atoms with E-state index in [0.717, 1.165) is 34.9 Å². The van der Waals surface area contributed by atoms with Crippen molar-refractivity contribution >= 4 is 10.0 Å². The third kappa shape index (κ3) is 4.35. The smallest absolute Gasteiger partial charge is 0.417 e. The molecule has 0 bridgehead atoms. The van der Waals surface area contributed by atoms with Gasteiger partial charge >= 0.3 is 12.2 Å². The Morgan fingerprint density at radius 2 is 1.67 bits per heavy atom. The van der Waals surface area contributed by atoms with Gasteiger partial charge in [-0.15, -0.1) is 0 Å². The zero-order valence-corrected chi connectivity index (χ0v) is 14.7. The molecule has 1 aromatic carbocycles. The molecule has 0 atom stereocenters. The number of aromatic nitrogens is 2. The first-order chi connectivity index (χ1) is 12.7. The van der Waals surface area contributed by atoms with Gasteiger partial charge < -0.3 is 4.74 Å². The molecule has 0 radical (unpaired) electrons. The maximum atomic E-state index is 13.1. The molecule has 1 aliphatic rings. The van der Waals surface area contributed by atoms with Crippen LogP contribution in [0, 0.1) is 5.82 Å². The molecule has 1 aromatic heterocycles. The molecule has 0 amide bonds. The lowest BCUT2D eigenvalue weighted by Gasteiger charge is -2.31. The molecule has 0 aliphatic carbocycles. The topological polar surface area (TPSA) is 72.4 Å². The summed E-state index contributed by atoms with van der Waals surface area (Å²) in [4.78, 5) is 6.56. The first-order valence-corrected chi connectivity index (χ1v) is 9.42. The highest BCUT2D eigenvalue weighted by Crippen LogP contribution is 2.35. The van der Waals surface area contributed by atoms with Gasteiger partial charge in [-0.1, -0.05) is 12.1 Å². The van der Waals surface area contributed by atoms with Crippen LogP contribution in [-0.4, -0.2) is 41.9 Å². The van der Waals surface area contributed by atoms with Crippen LogP contribution in [-0.2, 0) is 16.2 Å². The van der Waals surface area contributed by atoms with Crippen molar-refractivity contribution in [1.82, 2.24) is 14.3 Å². The summed E-state index contributed by atoms with van der Waals surface area (Å²) in [6.07, 6.45) is -2.82. The van der Waals surface area contributed by atoms with E-state index >= 15 is 0 Å². The molecule has 27 heavy (non-hydrogen) atoms. The van der Waals surface area contributed by atoms with Gasteiger partial charge in [-0.2, -0.15) is 17.5 Å². The van der Waals surface area contributed by atoms with Crippen LogP contribution in [0.3, 0.4) is 0 Å². The summed E-state index contributed by atoms with van der Waals surface area (Å²) in [6.45, 7) is -0.0270. The lowest BCUT2D eigenvalue weighted by Crippen LogP contribution is -2.42. The van der Waals surface area contributed by atoms with Gasteiger partial charge in [0.25, 0.3) is 0 Å². The van der Waals surface area contributed by atoms with Crippen LogP contribution < -0.4 is 4.74 Å². The fraction of sp³-hybridized carbons (Fsp3) is 0.375. The molecule has 0 saturated carbocycles. The molecule has 0 spiro atoms. The fourth-order valence-electron chi connectivity index (χ4n) is 2.77. The van der Waals surface area contributed by atoms with E-state index in [4.69, 9.17) is 4.74 Å². The van der Waals surface area contributed by atoms with Gasteiger partial charge in [0.05, 0.1) is 22.9 Å². The summed E-state index contributed by atoms with van der Waals surface area (Å²) in [5, 5.41) is 0. The minimum absolute atomic E-state index is 0.0135. The minimum Gasteiger partial charge on any atom is -0.460 e. The van der Waals surface area contributed by atoms with Gasteiger partial charge in [-0.25, -0.2) is 22.8 Å². The molecular formula is C16H15F4N3O3S.